The lowest BCUT2D eigenvalue weighted by molar-refractivity contribution is -0.122. The number of amides is 1. The number of halogens is 1. The van der Waals surface area contributed by atoms with E-state index in [1.807, 2.05) is 32.5 Å². The molecule has 0 saturated carbocycles. The van der Waals surface area contributed by atoms with Gasteiger partial charge in [-0.25, -0.2) is 0 Å². The summed E-state index contributed by atoms with van der Waals surface area (Å²) in [5.41, 5.74) is 1.99. The van der Waals surface area contributed by atoms with E-state index in [2.05, 4.69) is 31.7 Å². The van der Waals surface area contributed by atoms with Crippen LogP contribution in [0.25, 0.3) is 0 Å². The van der Waals surface area contributed by atoms with Gasteiger partial charge in [0.1, 0.15) is 0 Å². The summed E-state index contributed by atoms with van der Waals surface area (Å²) in [6, 6.07) is -0.211. The van der Waals surface area contributed by atoms with Gasteiger partial charge < -0.3 is 10.6 Å². The van der Waals surface area contributed by atoms with E-state index in [1.54, 1.807) is 0 Å². The number of nitrogens with one attached hydrogen (secondary N) is 2. The van der Waals surface area contributed by atoms with Crippen LogP contribution in [-0.2, 0) is 18.4 Å². The first-order chi connectivity index (χ1) is 7.97. The molecule has 0 spiro atoms. The number of hydrogen-bond acceptors (Lipinski definition) is 3. The van der Waals surface area contributed by atoms with Crippen molar-refractivity contribution in [2.75, 3.05) is 6.54 Å². The molecule has 5 nitrogen and oxygen atoms in total. The van der Waals surface area contributed by atoms with Gasteiger partial charge in [-0.05, 0) is 36.7 Å². The molecule has 0 aliphatic rings. The predicted molar refractivity (Wildman–Crippen MR) is 70.6 cm³/mol. The number of aromatic nitrogens is 2. The molecule has 0 aliphatic carbocycles. The number of carbonyl (C=O) groups is 1. The molecule has 1 unspecified atom stereocenters. The van der Waals surface area contributed by atoms with Crippen molar-refractivity contribution in [2.45, 2.75) is 33.4 Å². The highest BCUT2D eigenvalue weighted by atomic mass is 79.9. The van der Waals surface area contributed by atoms with Crippen LogP contribution in [0.2, 0.25) is 0 Å². The third-order valence-electron chi connectivity index (χ3n) is 2.58. The van der Waals surface area contributed by atoms with E-state index in [4.69, 9.17) is 0 Å². The molecule has 0 bridgehead atoms. The minimum Gasteiger partial charge on any atom is -0.355 e. The quantitative estimate of drug-likeness (QED) is 0.856. The molecule has 96 valence electrons. The maximum atomic E-state index is 11.5. The topological polar surface area (TPSA) is 59.0 Å². The number of aryl methyl sites for hydroxylation is 2. The predicted octanol–water partition coefficient (Wildman–Crippen LogP) is 1.11. The molecule has 1 rings (SSSR count). The molecule has 0 aromatic carbocycles. The van der Waals surface area contributed by atoms with Gasteiger partial charge >= 0.3 is 0 Å². The van der Waals surface area contributed by atoms with Crippen LogP contribution in [0.5, 0.6) is 0 Å². The number of rotatable bonds is 5. The van der Waals surface area contributed by atoms with Crippen molar-refractivity contribution in [3.05, 3.63) is 15.9 Å². The molecule has 0 fully saturated rings. The van der Waals surface area contributed by atoms with Gasteiger partial charge in [0.2, 0.25) is 5.91 Å². The van der Waals surface area contributed by atoms with E-state index >= 15 is 0 Å². The highest BCUT2D eigenvalue weighted by molar-refractivity contribution is 9.10. The Kier molecular flexibility index (Phi) is 5.14. The zero-order valence-electron chi connectivity index (χ0n) is 10.7. The lowest BCUT2D eigenvalue weighted by atomic mass is 10.3. The zero-order valence-corrected chi connectivity index (χ0v) is 12.3. The molecular weight excluding hydrogens is 284 g/mol. The molecule has 1 aromatic rings. The fourth-order valence-corrected chi connectivity index (χ4v) is 2.02. The van der Waals surface area contributed by atoms with E-state index in [9.17, 15) is 4.79 Å². The lowest BCUT2D eigenvalue weighted by Gasteiger charge is -2.13. The molecule has 6 heteroatoms. The number of carbonyl (C=O) groups excluding carboxylic acids is 1. The minimum absolute atomic E-state index is 0.0162. The van der Waals surface area contributed by atoms with Crippen LogP contribution in [-0.4, -0.2) is 28.3 Å². The first-order valence-corrected chi connectivity index (χ1v) is 6.45. The Labute approximate surface area is 110 Å². The monoisotopic (exact) mass is 302 g/mol. The van der Waals surface area contributed by atoms with Crippen LogP contribution in [0, 0.1) is 6.92 Å². The Morgan fingerprint density at radius 3 is 2.71 bits per heavy atom. The standard InChI is InChI=1S/C11H19BrN4O/c1-5-13-11(17)8(3)14-6-9-10(12)7(2)15-16(9)4/h8,14H,5-6H2,1-4H3,(H,13,17). The molecule has 1 heterocycles. The van der Waals surface area contributed by atoms with Crippen LogP contribution < -0.4 is 10.6 Å². The molecule has 2 N–H and O–H groups in total. The van der Waals surface area contributed by atoms with Gasteiger partial charge in [-0.1, -0.05) is 0 Å². The maximum Gasteiger partial charge on any atom is 0.236 e. The summed E-state index contributed by atoms with van der Waals surface area (Å²) >= 11 is 3.50. The summed E-state index contributed by atoms with van der Waals surface area (Å²) in [6.07, 6.45) is 0. The summed E-state index contributed by atoms with van der Waals surface area (Å²) in [7, 11) is 1.89. The summed E-state index contributed by atoms with van der Waals surface area (Å²) in [4.78, 5) is 11.5. The first-order valence-electron chi connectivity index (χ1n) is 5.66. The third-order valence-corrected chi connectivity index (χ3v) is 3.61. The first kappa shape index (κ1) is 14.2. The lowest BCUT2D eigenvalue weighted by Crippen LogP contribution is -2.41. The highest BCUT2D eigenvalue weighted by Crippen LogP contribution is 2.19. The molecule has 1 amide bonds. The highest BCUT2D eigenvalue weighted by Gasteiger charge is 2.14. The smallest absolute Gasteiger partial charge is 0.236 e. The van der Waals surface area contributed by atoms with Gasteiger partial charge in [0.25, 0.3) is 0 Å². The van der Waals surface area contributed by atoms with Gasteiger partial charge in [0, 0.05) is 20.1 Å². The fourth-order valence-electron chi connectivity index (χ4n) is 1.54. The van der Waals surface area contributed by atoms with Crippen molar-refractivity contribution >= 4 is 21.8 Å². The molecule has 17 heavy (non-hydrogen) atoms. The number of nitrogens with zero attached hydrogens (tertiary/aromatic N) is 2. The SMILES string of the molecule is CCNC(=O)C(C)NCc1c(Br)c(C)nn1C. The van der Waals surface area contributed by atoms with E-state index in [-0.39, 0.29) is 11.9 Å². The van der Waals surface area contributed by atoms with Crippen molar-refractivity contribution in [1.29, 1.82) is 0 Å². The largest absolute Gasteiger partial charge is 0.355 e. The Balaban J connectivity index is 2.58. The summed E-state index contributed by atoms with van der Waals surface area (Å²) in [5.74, 6) is 0.0162. The summed E-state index contributed by atoms with van der Waals surface area (Å²) < 4.78 is 2.81. The molecular formula is C11H19BrN4O. The number of hydrogen-bond donors (Lipinski definition) is 2. The molecule has 1 atom stereocenters. The van der Waals surface area contributed by atoms with Crippen LogP contribution in [0.15, 0.2) is 4.47 Å². The normalized spacial score (nSPS) is 12.5. The van der Waals surface area contributed by atoms with Crippen LogP contribution >= 0.6 is 15.9 Å². The summed E-state index contributed by atoms with van der Waals surface area (Å²) in [5, 5.41) is 10.3. The second kappa shape index (κ2) is 6.16. The van der Waals surface area contributed by atoms with E-state index in [0.29, 0.717) is 13.1 Å². The molecule has 0 saturated heterocycles. The third kappa shape index (κ3) is 3.54. The Morgan fingerprint density at radius 2 is 2.24 bits per heavy atom. The van der Waals surface area contributed by atoms with E-state index in [0.717, 1.165) is 15.9 Å². The van der Waals surface area contributed by atoms with Gasteiger partial charge in [0.15, 0.2) is 0 Å². The van der Waals surface area contributed by atoms with Crippen molar-refractivity contribution < 1.29 is 4.79 Å². The van der Waals surface area contributed by atoms with Crippen LogP contribution in [0.3, 0.4) is 0 Å². The van der Waals surface area contributed by atoms with Crippen molar-refractivity contribution in [3.63, 3.8) is 0 Å². The van der Waals surface area contributed by atoms with Gasteiger partial charge in [-0.15, -0.1) is 0 Å². The minimum atomic E-state index is -0.211. The van der Waals surface area contributed by atoms with E-state index in [1.165, 1.54) is 0 Å². The second-order valence-electron chi connectivity index (χ2n) is 3.97. The van der Waals surface area contributed by atoms with Crippen LogP contribution in [0.1, 0.15) is 25.2 Å². The van der Waals surface area contributed by atoms with Gasteiger partial charge in [-0.2, -0.15) is 5.10 Å². The Morgan fingerprint density at radius 1 is 1.59 bits per heavy atom. The van der Waals surface area contributed by atoms with Crippen molar-refractivity contribution in [3.8, 4) is 0 Å². The maximum absolute atomic E-state index is 11.5. The molecule has 1 aromatic heterocycles. The van der Waals surface area contributed by atoms with Gasteiger partial charge in [-0.3, -0.25) is 9.48 Å². The summed E-state index contributed by atoms with van der Waals surface area (Å²) in [6.45, 7) is 6.96. The fraction of sp³-hybridized carbons (Fsp3) is 0.636. The van der Waals surface area contributed by atoms with Gasteiger partial charge in [0.05, 0.1) is 21.9 Å². The van der Waals surface area contributed by atoms with Crippen molar-refractivity contribution in [1.82, 2.24) is 20.4 Å². The zero-order chi connectivity index (χ0) is 13.0. The van der Waals surface area contributed by atoms with Crippen molar-refractivity contribution in [2.24, 2.45) is 7.05 Å². The van der Waals surface area contributed by atoms with E-state index < -0.39 is 0 Å². The van der Waals surface area contributed by atoms with Crippen LogP contribution in [0.4, 0.5) is 0 Å². The molecule has 0 radical (unpaired) electrons. The average Bonchev–Trinajstić information content (AvgIpc) is 2.51. The second-order valence-corrected chi connectivity index (χ2v) is 4.76. The average molecular weight is 303 g/mol. The Bertz CT molecular complexity index is 402. The number of likely N-dealkylation sites (N-methyl/N-ethyl adjacent to an activating group) is 1. The Hall–Kier alpha value is -0.880. The molecule has 0 aliphatic heterocycles.